The molecule has 8 nitrogen and oxygen atoms in total. The second kappa shape index (κ2) is 7.09. The lowest BCUT2D eigenvalue weighted by Gasteiger charge is -2.24. The van der Waals surface area contributed by atoms with Crippen LogP contribution in [0.3, 0.4) is 0 Å². The average molecular weight is 352 g/mol. The van der Waals surface area contributed by atoms with E-state index in [0.717, 1.165) is 31.5 Å². The summed E-state index contributed by atoms with van der Waals surface area (Å²) in [5, 5.41) is 18.3. The lowest BCUT2D eigenvalue weighted by Crippen LogP contribution is -2.30. The fraction of sp³-hybridized carbons (Fsp3) is 0.333. The van der Waals surface area contributed by atoms with E-state index in [-0.39, 0.29) is 11.9 Å². The number of carbonyl (C=O) groups excluding carboxylic acids is 1. The molecule has 134 valence electrons. The Hall–Kier alpha value is -3.00. The van der Waals surface area contributed by atoms with Gasteiger partial charge >= 0.3 is 0 Å². The molecule has 0 bridgehead atoms. The monoisotopic (exact) mass is 352 g/mol. The molecule has 0 spiro atoms. The van der Waals surface area contributed by atoms with Gasteiger partial charge in [-0.2, -0.15) is 0 Å². The number of aryl methyl sites for hydroxylation is 1. The molecule has 2 aromatic heterocycles. The molecule has 0 atom stereocenters. The van der Waals surface area contributed by atoms with Crippen molar-refractivity contribution in [2.24, 2.45) is 0 Å². The Morgan fingerprint density at radius 1 is 1.27 bits per heavy atom. The fourth-order valence-electron chi connectivity index (χ4n) is 3.28. The van der Waals surface area contributed by atoms with Gasteiger partial charge in [-0.15, -0.1) is 10.2 Å². The summed E-state index contributed by atoms with van der Waals surface area (Å²) < 4.78 is 7.21. The minimum Gasteiger partial charge on any atom is -0.360 e. The molecule has 1 amide bonds. The SMILES string of the molecule is Cc1onc(-c2ccccc2)c1C(=O)Nc1nncn1C1CCNCC1. The molecule has 3 heterocycles. The topological polar surface area (TPSA) is 97.9 Å². The number of aromatic nitrogens is 4. The van der Waals surface area contributed by atoms with Crippen molar-refractivity contribution in [3.63, 3.8) is 0 Å². The quantitative estimate of drug-likeness (QED) is 0.748. The molecule has 2 N–H and O–H groups in total. The Kier molecular flexibility index (Phi) is 4.49. The van der Waals surface area contributed by atoms with Crippen LogP contribution in [0.4, 0.5) is 5.95 Å². The fourth-order valence-corrected chi connectivity index (χ4v) is 3.28. The molecule has 26 heavy (non-hydrogen) atoms. The smallest absolute Gasteiger partial charge is 0.263 e. The van der Waals surface area contributed by atoms with E-state index < -0.39 is 0 Å². The predicted octanol–water partition coefficient (Wildman–Crippen LogP) is 2.42. The zero-order valence-electron chi connectivity index (χ0n) is 14.5. The Morgan fingerprint density at radius 3 is 2.81 bits per heavy atom. The van der Waals surface area contributed by atoms with Gasteiger partial charge in [0.2, 0.25) is 5.95 Å². The van der Waals surface area contributed by atoms with Crippen LogP contribution in [0.5, 0.6) is 0 Å². The minimum atomic E-state index is -0.300. The predicted molar refractivity (Wildman–Crippen MR) is 95.8 cm³/mol. The third kappa shape index (κ3) is 3.11. The third-order valence-electron chi connectivity index (χ3n) is 4.64. The van der Waals surface area contributed by atoms with Gasteiger partial charge in [-0.25, -0.2) is 0 Å². The van der Waals surface area contributed by atoms with Crippen molar-refractivity contribution in [3.8, 4) is 11.3 Å². The number of hydrogen-bond donors (Lipinski definition) is 2. The first-order chi connectivity index (χ1) is 12.7. The maximum absolute atomic E-state index is 12.9. The summed E-state index contributed by atoms with van der Waals surface area (Å²) in [4.78, 5) is 12.9. The van der Waals surface area contributed by atoms with Gasteiger partial charge in [-0.05, 0) is 32.9 Å². The summed E-state index contributed by atoms with van der Waals surface area (Å²) in [6, 6.07) is 9.78. The molecular formula is C18H20N6O2. The van der Waals surface area contributed by atoms with Crippen LogP contribution in [0, 0.1) is 6.92 Å². The molecule has 0 aliphatic carbocycles. The molecule has 1 saturated heterocycles. The summed E-state index contributed by atoms with van der Waals surface area (Å²) in [6.45, 7) is 3.62. The van der Waals surface area contributed by atoms with Crippen molar-refractivity contribution < 1.29 is 9.32 Å². The van der Waals surface area contributed by atoms with Crippen molar-refractivity contribution in [1.29, 1.82) is 0 Å². The summed E-state index contributed by atoms with van der Waals surface area (Å²) >= 11 is 0. The highest BCUT2D eigenvalue weighted by Crippen LogP contribution is 2.27. The van der Waals surface area contributed by atoms with Gasteiger partial charge in [-0.1, -0.05) is 35.5 Å². The van der Waals surface area contributed by atoms with Crippen LogP contribution >= 0.6 is 0 Å². The number of nitrogens with one attached hydrogen (secondary N) is 2. The van der Waals surface area contributed by atoms with Gasteiger partial charge in [-0.3, -0.25) is 14.7 Å². The number of benzene rings is 1. The number of rotatable bonds is 4. The Morgan fingerprint density at radius 2 is 2.04 bits per heavy atom. The van der Waals surface area contributed by atoms with E-state index in [9.17, 15) is 4.79 Å². The Labute approximate surface area is 150 Å². The summed E-state index contributed by atoms with van der Waals surface area (Å²) in [5.41, 5.74) is 1.76. The van der Waals surface area contributed by atoms with E-state index in [0.29, 0.717) is 23.0 Å². The number of amides is 1. The highest BCUT2D eigenvalue weighted by Gasteiger charge is 2.24. The van der Waals surface area contributed by atoms with Crippen molar-refractivity contribution in [2.45, 2.75) is 25.8 Å². The van der Waals surface area contributed by atoms with Crippen LogP contribution in [0.2, 0.25) is 0 Å². The lowest BCUT2D eigenvalue weighted by atomic mass is 10.1. The van der Waals surface area contributed by atoms with Crippen LogP contribution < -0.4 is 10.6 Å². The van der Waals surface area contributed by atoms with E-state index in [1.54, 1.807) is 13.3 Å². The normalized spacial score (nSPS) is 15.1. The van der Waals surface area contributed by atoms with E-state index >= 15 is 0 Å². The molecular weight excluding hydrogens is 332 g/mol. The molecule has 3 aromatic rings. The highest BCUT2D eigenvalue weighted by molar-refractivity contribution is 6.08. The molecule has 1 aromatic carbocycles. The molecule has 1 aliphatic heterocycles. The Bertz CT molecular complexity index is 896. The average Bonchev–Trinajstić information content (AvgIpc) is 3.29. The highest BCUT2D eigenvalue weighted by atomic mass is 16.5. The number of piperidine rings is 1. The molecule has 8 heteroatoms. The zero-order chi connectivity index (χ0) is 17.9. The van der Waals surface area contributed by atoms with Crippen molar-refractivity contribution >= 4 is 11.9 Å². The molecule has 1 aliphatic rings. The second-order valence-corrected chi connectivity index (χ2v) is 6.33. The van der Waals surface area contributed by atoms with Crippen LogP contribution in [0.1, 0.15) is 35.0 Å². The summed E-state index contributed by atoms with van der Waals surface area (Å²) in [5.74, 6) is 0.613. The molecule has 1 fully saturated rings. The van der Waals surface area contributed by atoms with E-state index in [1.165, 1.54) is 0 Å². The van der Waals surface area contributed by atoms with Gasteiger partial charge in [0.1, 0.15) is 23.3 Å². The first-order valence-electron chi connectivity index (χ1n) is 8.67. The van der Waals surface area contributed by atoms with Gasteiger partial charge in [0.05, 0.1) is 0 Å². The molecule has 0 radical (unpaired) electrons. The summed E-state index contributed by atoms with van der Waals surface area (Å²) in [6.07, 6.45) is 3.62. The zero-order valence-corrected chi connectivity index (χ0v) is 14.5. The van der Waals surface area contributed by atoms with Crippen LogP contribution in [0.25, 0.3) is 11.3 Å². The number of hydrogen-bond acceptors (Lipinski definition) is 6. The second-order valence-electron chi connectivity index (χ2n) is 6.33. The maximum Gasteiger partial charge on any atom is 0.263 e. The standard InChI is InChI=1S/C18H20N6O2/c1-12-15(16(23-26-12)13-5-3-2-4-6-13)17(25)21-18-22-20-11-24(18)14-7-9-19-10-8-14/h2-6,11,14,19H,7-10H2,1H3,(H,21,22,25). The molecule has 0 unspecified atom stereocenters. The van der Waals surface area contributed by atoms with Gasteiger partial charge in [0, 0.05) is 11.6 Å². The van der Waals surface area contributed by atoms with Crippen LogP contribution in [-0.4, -0.2) is 38.9 Å². The third-order valence-corrected chi connectivity index (χ3v) is 4.64. The first kappa shape index (κ1) is 16.5. The van der Waals surface area contributed by atoms with Gasteiger partial charge < -0.3 is 9.84 Å². The molecule has 4 rings (SSSR count). The number of carbonyl (C=O) groups is 1. The minimum absolute atomic E-state index is 0.277. The summed E-state index contributed by atoms with van der Waals surface area (Å²) in [7, 11) is 0. The van der Waals surface area contributed by atoms with E-state index in [2.05, 4.69) is 26.0 Å². The lowest BCUT2D eigenvalue weighted by molar-refractivity contribution is 0.102. The number of anilines is 1. The van der Waals surface area contributed by atoms with Crippen molar-refractivity contribution in [3.05, 3.63) is 48.0 Å². The Balaban J connectivity index is 1.61. The van der Waals surface area contributed by atoms with Crippen LogP contribution in [0.15, 0.2) is 41.2 Å². The largest absolute Gasteiger partial charge is 0.360 e. The van der Waals surface area contributed by atoms with E-state index in [4.69, 9.17) is 4.52 Å². The van der Waals surface area contributed by atoms with Gasteiger partial charge in [0.15, 0.2) is 0 Å². The first-order valence-corrected chi connectivity index (χ1v) is 8.67. The molecule has 0 saturated carbocycles. The van der Waals surface area contributed by atoms with Crippen molar-refractivity contribution in [1.82, 2.24) is 25.2 Å². The van der Waals surface area contributed by atoms with Gasteiger partial charge in [0.25, 0.3) is 5.91 Å². The van der Waals surface area contributed by atoms with Crippen molar-refractivity contribution in [2.75, 3.05) is 18.4 Å². The van der Waals surface area contributed by atoms with Crippen LogP contribution in [-0.2, 0) is 0 Å². The van der Waals surface area contributed by atoms with E-state index in [1.807, 2.05) is 34.9 Å². The maximum atomic E-state index is 12.9. The number of nitrogens with zero attached hydrogens (tertiary/aromatic N) is 4.